The zero-order valence-corrected chi connectivity index (χ0v) is 14.7. The third-order valence-electron chi connectivity index (χ3n) is 3.02. The second-order valence-corrected chi connectivity index (χ2v) is 5.85. The molecule has 0 radical (unpaired) electrons. The second-order valence-electron chi connectivity index (χ2n) is 4.59. The van der Waals surface area contributed by atoms with Gasteiger partial charge in [0.05, 0.1) is 7.11 Å². The van der Waals surface area contributed by atoms with Gasteiger partial charge in [-0.2, -0.15) is 0 Å². The highest BCUT2D eigenvalue weighted by molar-refractivity contribution is 9.10. The van der Waals surface area contributed by atoms with E-state index < -0.39 is 12.0 Å². The van der Waals surface area contributed by atoms with Gasteiger partial charge in [0.2, 0.25) is 0 Å². The van der Waals surface area contributed by atoms with E-state index >= 15 is 0 Å². The lowest BCUT2D eigenvalue weighted by Crippen LogP contribution is -2.10. The van der Waals surface area contributed by atoms with Crippen LogP contribution in [0, 0.1) is 12.7 Å². The van der Waals surface area contributed by atoms with E-state index in [0.29, 0.717) is 20.6 Å². The molecule has 0 N–H and O–H groups in total. The summed E-state index contributed by atoms with van der Waals surface area (Å²) in [7, 11) is 1.21. The number of carbonyl (C=O) groups is 1. The van der Waals surface area contributed by atoms with Crippen LogP contribution in [0.3, 0.4) is 0 Å². The van der Waals surface area contributed by atoms with Crippen LogP contribution in [0.5, 0.6) is 11.5 Å². The zero-order chi connectivity index (χ0) is 17.0. The molecular formula is C16H13BrClFO4. The van der Waals surface area contributed by atoms with Gasteiger partial charge in [0.15, 0.2) is 11.6 Å². The third-order valence-corrected chi connectivity index (χ3v) is 4.17. The maximum absolute atomic E-state index is 13.9. The van der Waals surface area contributed by atoms with Crippen LogP contribution in [0.1, 0.15) is 11.1 Å². The highest BCUT2D eigenvalue weighted by atomic mass is 79.9. The van der Waals surface area contributed by atoms with Gasteiger partial charge in [0.1, 0.15) is 12.4 Å². The number of hydrogen-bond donors (Lipinski definition) is 0. The summed E-state index contributed by atoms with van der Waals surface area (Å²) in [4.78, 5) is 11.3. The van der Waals surface area contributed by atoms with Gasteiger partial charge in [-0.05, 0) is 30.7 Å². The lowest BCUT2D eigenvalue weighted by Gasteiger charge is -2.13. The summed E-state index contributed by atoms with van der Waals surface area (Å²) in [5.41, 5.74) is 1.15. The molecule has 0 spiro atoms. The summed E-state index contributed by atoms with van der Waals surface area (Å²) in [5.74, 6) is -0.250. The number of halogens is 3. The number of methoxy groups -OCH3 is 1. The fourth-order valence-corrected chi connectivity index (χ4v) is 2.41. The van der Waals surface area contributed by atoms with E-state index in [4.69, 9.17) is 21.1 Å². The lowest BCUT2D eigenvalue weighted by molar-refractivity contribution is 0.120. The van der Waals surface area contributed by atoms with Crippen molar-refractivity contribution in [2.45, 2.75) is 13.5 Å². The van der Waals surface area contributed by atoms with Gasteiger partial charge in [0, 0.05) is 21.1 Å². The summed E-state index contributed by atoms with van der Waals surface area (Å²) >= 11 is 9.32. The normalized spacial score (nSPS) is 10.3. The van der Waals surface area contributed by atoms with Gasteiger partial charge >= 0.3 is 6.16 Å². The Kier molecular flexibility index (Phi) is 5.85. The molecule has 23 heavy (non-hydrogen) atoms. The van der Waals surface area contributed by atoms with Gasteiger partial charge in [0.25, 0.3) is 0 Å². The number of aryl methyl sites for hydroxylation is 1. The van der Waals surface area contributed by atoms with Crippen molar-refractivity contribution in [3.8, 4) is 11.5 Å². The topological polar surface area (TPSA) is 44.8 Å². The molecule has 0 aliphatic carbocycles. The Labute approximate surface area is 146 Å². The number of benzene rings is 2. The molecule has 4 nitrogen and oxygen atoms in total. The van der Waals surface area contributed by atoms with Crippen molar-refractivity contribution in [2.24, 2.45) is 0 Å². The molecule has 7 heteroatoms. The van der Waals surface area contributed by atoms with Crippen molar-refractivity contribution >= 4 is 33.7 Å². The van der Waals surface area contributed by atoms with Gasteiger partial charge < -0.3 is 14.2 Å². The molecule has 0 bridgehead atoms. The maximum atomic E-state index is 13.9. The van der Waals surface area contributed by atoms with Gasteiger partial charge in [-0.15, -0.1) is 0 Å². The van der Waals surface area contributed by atoms with Crippen LogP contribution in [-0.2, 0) is 11.3 Å². The van der Waals surface area contributed by atoms with Crippen LogP contribution in [0.15, 0.2) is 34.8 Å². The minimum absolute atomic E-state index is 0.0142. The lowest BCUT2D eigenvalue weighted by atomic mass is 10.2. The molecule has 0 atom stereocenters. The molecule has 0 aliphatic rings. The number of rotatable bonds is 4. The van der Waals surface area contributed by atoms with E-state index in [-0.39, 0.29) is 18.1 Å². The smallest absolute Gasteiger partial charge is 0.486 e. The molecule has 0 heterocycles. The predicted octanol–water partition coefficient (Wildman–Crippen LogP) is 5.27. The molecule has 0 aliphatic heterocycles. The van der Waals surface area contributed by atoms with Crippen molar-refractivity contribution in [1.82, 2.24) is 0 Å². The van der Waals surface area contributed by atoms with Crippen molar-refractivity contribution in [1.29, 1.82) is 0 Å². The fraction of sp³-hybridized carbons (Fsp3) is 0.188. The van der Waals surface area contributed by atoms with Crippen LogP contribution in [-0.4, -0.2) is 13.3 Å². The molecule has 2 aromatic carbocycles. The summed E-state index contributed by atoms with van der Waals surface area (Å²) in [6.07, 6.45) is -0.853. The van der Waals surface area contributed by atoms with Gasteiger partial charge in [-0.1, -0.05) is 33.6 Å². The Hall–Kier alpha value is -1.79. The summed E-state index contributed by atoms with van der Waals surface area (Å²) in [6.45, 7) is 1.68. The Bertz CT molecular complexity index is 736. The van der Waals surface area contributed by atoms with Crippen molar-refractivity contribution in [2.75, 3.05) is 7.11 Å². The minimum Gasteiger partial charge on any atom is -0.486 e. The maximum Gasteiger partial charge on any atom is 0.513 e. The molecule has 2 aromatic rings. The Morgan fingerprint density at radius 1 is 1.30 bits per heavy atom. The molecule has 0 saturated carbocycles. The monoisotopic (exact) mass is 402 g/mol. The Morgan fingerprint density at radius 3 is 2.74 bits per heavy atom. The molecule has 0 amide bonds. The van der Waals surface area contributed by atoms with Crippen molar-refractivity contribution in [3.63, 3.8) is 0 Å². The average Bonchev–Trinajstić information content (AvgIpc) is 2.51. The van der Waals surface area contributed by atoms with Crippen LogP contribution in [0.2, 0.25) is 5.02 Å². The van der Waals surface area contributed by atoms with Crippen LogP contribution in [0.4, 0.5) is 9.18 Å². The fourth-order valence-electron chi connectivity index (χ4n) is 1.79. The van der Waals surface area contributed by atoms with E-state index in [1.807, 2.05) is 0 Å². The summed E-state index contributed by atoms with van der Waals surface area (Å²) in [5, 5.41) is 0.402. The number of ether oxygens (including phenoxy) is 3. The molecule has 0 saturated heterocycles. The van der Waals surface area contributed by atoms with E-state index in [1.165, 1.54) is 19.2 Å². The average molecular weight is 404 g/mol. The summed E-state index contributed by atoms with van der Waals surface area (Å²) < 4.78 is 29.5. The molecule has 122 valence electrons. The van der Waals surface area contributed by atoms with E-state index in [2.05, 4.69) is 20.7 Å². The number of hydrogen-bond acceptors (Lipinski definition) is 4. The van der Waals surface area contributed by atoms with Crippen LogP contribution < -0.4 is 9.47 Å². The first-order chi connectivity index (χ1) is 10.9. The molecule has 0 aromatic heterocycles. The first-order valence-corrected chi connectivity index (χ1v) is 7.71. The predicted molar refractivity (Wildman–Crippen MR) is 87.7 cm³/mol. The molecule has 0 unspecified atom stereocenters. The highest BCUT2D eigenvalue weighted by Crippen LogP contribution is 2.31. The zero-order valence-electron chi connectivity index (χ0n) is 12.4. The minimum atomic E-state index is -0.853. The largest absolute Gasteiger partial charge is 0.513 e. The quantitative estimate of drug-likeness (QED) is 0.515. The van der Waals surface area contributed by atoms with E-state index in [9.17, 15) is 9.18 Å². The molecule has 2 rings (SSSR count). The highest BCUT2D eigenvalue weighted by Gasteiger charge is 2.14. The first-order valence-electron chi connectivity index (χ1n) is 6.54. The van der Waals surface area contributed by atoms with Gasteiger partial charge in [-0.25, -0.2) is 9.18 Å². The third kappa shape index (κ3) is 4.36. The Balaban J connectivity index is 2.23. The van der Waals surface area contributed by atoms with E-state index in [0.717, 1.165) is 0 Å². The van der Waals surface area contributed by atoms with E-state index in [1.54, 1.807) is 25.1 Å². The summed E-state index contributed by atoms with van der Waals surface area (Å²) in [6, 6.07) is 7.73. The second kappa shape index (κ2) is 7.66. The van der Waals surface area contributed by atoms with Crippen molar-refractivity contribution < 1.29 is 23.4 Å². The molecule has 0 fully saturated rings. The van der Waals surface area contributed by atoms with Gasteiger partial charge in [-0.3, -0.25) is 0 Å². The number of carbonyl (C=O) groups excluding carboxylic acids is 1. The first kappa shape index (κ1) is 17.6. The van der Waals surface area contributed by atoms with Crippen LogP contribution >= 0.6 is 27.5 Å². The standard InChI is InChI=1S/C16H13BrClFO4/c1-9-6-13(19)15(7-12(9)18)22-8-10-11(17)4-3-5-14(10)23-16(20)21-2/h3-7H,8H2,1-2H3. The van der Waals surface area contributed by atoms with Crippen LogP contribution in [0.25, 0.3) is 0 Å². The molecular weight excluding hydrogens is 391 g/mol. The SMILES string of the molecule is COC(=O)Oc1cccc(Br)c1COc1cc(Cl)c(C)cc1F. The Morgan fingerprint density at radius 2 is 2.04 bits per heavy atom. The van der Waals surface area contributed by atoms with Crippen molar-refractivity contribution in [3.05, 3.63) is 56.8 Å².